The molecule has 142 valence electrons. The highest BCUT2D eigenvalue weighted by Crippen LogP contribution is 2.25. The van der Waals surface area contributed by atoms with Crippen LogP contribution in [0.1, 0.15) is 11.6 Å². The molecule has 0 bridgehead atoms. The minimum atomic E-state index is -0.341. The Bertz CT molecular complexity index is 1060. The van der Waals surface area contributed by atoms with E-state index in [1.54, 1.807) is 11.3 Å². The van der Waals surface area contributed by atoms with Crippen LogP contribution in [-0.2, 0) is 11.2 Å². The normalized spacial score (nSPS) is 10.9. The highest BCUT2D eigenvalue weighted by molar-refractivity contribution is 8.01. The molecule has 0 fully saturated rings. The number of anilines is 1. The van der Waals surface area contributed by atoms with Gasteiger partial charge in [0.25, 0.3) is 0 Å². The van der Waals surface area contributed by atoms with Crippen LogP contribution in [0.5, 0.6) is 0 Å². The van der Waals surface area contributed by atoms with Crippen molar-refractivity contribution in [2.24, 2.45) is 0 Å². The van der Waals surface area contributed by atoms with E-state index in [0.717, 1.165) is 14.9 Å². The lowest BCUT2D eigenvalue weighted by Crippen LogP contribution is -2.13. The van der Waals surface area contributed by atoms with Crippen LogP contribution in [0.2, 0.25) is 0 Å². The Morgan fingerprint density at radius 2 is 2.04 bits per heavy atom. The molecule has 0 saturated heterocycles. The van der Waals surface area contributed by atoms with Crippen LogP contribution < -0.4 is 5.32 Å². The molecule has 0 spiro atoms. The number of hydrogen-bond acceptors (Lipinski definition) is 8. The van der Waals surface area contributed by atoms with Gasteiger partial charge < -0.3 is 9.84 Å². The molecule has 10 heteroatoms. The molecule has 0 radical (unpaired) electrons. The van der Waals surface area contributed by atoms with Crippen molar-refractivity contribution in [3.05, 3.63) is 64.6 Å². The van der Waals surface area contributed by atoms with Gasteiger partial charge in [0.15, 0.2) is 4.34 Å². The van der Waals surface area contributed by atoms with Crippen molar-refractivity contribution in [2.45, 2.75) is 10.8 Å². The Hall–Kier alpha value is -2.56. The smallest absolute Gasteiger partial charge is 0.234 e. The standard InChI is InChI=1S/C18H13FN4O2S3/c19-11-3-5-12(6-4-11)20-15(24)10-28-18-21-13(9-27-18)8-16-22-17(23-25-16)14-2-1-7-26-14/h1-7,9H,8,10H2,(H,20,24). The summed E-state index contributed by atoms with van der Waals surface area (Å²) in [6.45, 7) is 0. The van der Waals surface area contributed by atoms with Gasteiger partial charge in [-0.15, -0.1) is 22.7 Å². The van der Waals surface area contributed by atoms with Crippen molar-refractivity contribution in [3.8, 4) is 10.7 Å². The number of nitrogens with zero attached hydrogens (tertiary/aromatic N) is 3. The molecule has 0 aliphatic heterocycles. The largest absolute Gasteiger partial charge is 0.339 e. The first-order valence-electron chi connectivity index (χ1n) is 8.15. The van der Waals surface area contributed by atoms with Gasteiger partial charge in [0.2, 0.25) is 17.6 Å². The maximum Gasteiger partial charge on any atom is 0.234 e. The first-order valence-corrected chi connectivity index (χ1v) is 10.9. The van der Waals surface area contributed by atoms with E-state index in [1.807, 2.05) is 22.9 Å². The Morgan fingerprint density at radius 3 is 2.82 bits per heavy atom. The average Bonchev–Trinajstić information content (AvgIpc) is 3.44. The van der Waals surface area contributed by atoms with Crippen molar-refractivity contribution in [1.29, 1.82) is 0 Å². The third-order valence-corrected chi connectivity index (χ3v) is 6.46. The van der Waals surface area contributed by atoms with Crippen molar-refractivity contribution in [1.82, 2.24) is 15.1 Å². The summed E-state index contributed by atoms with van der Waals surface area (Å²) in [7, 11) is 0. The lowest BCUT2D eigenvalue weighted by atomic mass is 10.3. The number of aromatic nitrogens is 3. The first-order chi connectivity index (χ1) is 13.7. The van der Waals surface area contributed by atoms with Crippen LogP contribution in [0.3, 0.4) is 0 Å². The van der Waals surface area contributed by atoms with Gasteiger partial charge >= 0.3 is 0 Å². The van der Waals surface area contributed by atoms with E-state index >= 15 is 0 Å². The van der Waals surface area contributed by atoms with Crippen molar-refractivity contribution >= 4 is 46.0 Å². The van der Waals surface area contributed by atoms with Gasteiger partial charge in [0, 0.05) is 11.1 Å². The minimum absolute atomic E-state index is 0.175. The minimum Gasteiger partial charge on any atom is -0.339 e. The molecule has 0 atom stereocenters. The first kappa shape index (κ1) is 18.8. The number of thiazole rings is 1. The van der Waals surface area contributed by atoms with Crippen LogP contribution in [-0.4, -0.2) is 26.8 Å². The topological polar surface area (TPSA) is 80.9 Å². The number of halogens is 1. The second kappa shape index (κ2) is 8.63. The summed E-state index contributed by atoms with van der Waals surface area (Å²) in [5.74, 6) is 0.775. The van der Waals surface area contributed by atoms with E-state index in [4.69, 9.17) is 4.52 Å². The number of nitrogens with one attached hydrogen (secondary N) is 1. The second-order valence-electron chi connectivity index (χ2n) is 5.61. The zero-order valence-corrected chi connectivity index (χ0v) is 16.7. The van der Waals surface area contributed by atoms with Crippen LogP contribution >= 0.6 is 34.4 Å². The van der Waals surface area contributed by atoms with Gasteiger partial charge in [-0.25, -0.2) is 9.37 Å². The molecule has 1 aromatic carbocycles. The summed E-state index contributed by atoms with van der Waals surface area (Å²) < 4.78 is 19.0. The maximum atomic E-state index is 12.9. The van der Waals surface area contributed by atoms with Gasteiger partial charge in [-0.3, -0.25) is 4.79 Å². The molecule has 3 heterocycles. The molecule has 4 aromatic rings. The highest BCUT2D eigenvalue weighted by atomic mass is 32.2. The quantitative estimate of drug-likeness (QED) is 0.426. The number of benzene rings is 1. The number of rotatable bonds is 7. The Morgan fingerprint density at radius 1 is 1.18 bits per heavy atom. The molecule has 28 heavy (non-hydrogen) atoms. The van der Waals surface area contributed by atoms with Crippen molar-refractivity contribution in [2.75, 3.05) is 11.1 Å². The Balaban J connectivity index is 1.29. The zero-order chi connectivity index (χ0) is 19.3. The number of carbonyl (C=O) groups is 1. The van der Waals surface area contributed by atoms with Gasteiger partial charge in [0.05, 0.1) is 22.7 Å². The fraction of sp³-hybridized carbons (Fsp3) is 0.111. The molecule has 4 rings (SSSR count). The fourth-order valence-corrected chi connectivity index (χ4v) is 4.57. The lowest BCUT2D eigenvalue weighted by Gasteiger charge is -2.03. The molecule has 0 saturated carbocycles. The molecule has 3 aromatic heterocycles. The maximum absolute atomic E-state index is 12.9. The fourth-order valence-electron chi connectivity index (χ4n) is 2.28. The van der Waals surface area contributed by atoms with E-state index in [0.29, 0.717) is 23.8 Å². The SMILES string of the molecule is O=C(CSc1nc(Cc2nc(-c3cccs3)no2)cs1)Nc1ccc(F)cc1. The van der Waals surface area contributed by atoms with Crippen LogP contribution in [0.25, 0.3) is 10.7 Å². The highest BCUT2D eigenvalue weighted by Gasteiger charge is 2.13. The predicted octanol–water partition coefficient (Wildman–Crippen LogP) is 4.72. The summed E-state index contributed by atoms with van der Waals surface area (Å²) >= 11 is 4.35. The van der Waals surface area contributed by atoms with E-state index in [1.165, 1.54) is 47.4 Å². The van der Waals surface area contributed by atoms with Crippen molar-refractivity contribution in [3.63, 3.8) is 0 Å². The van der Waals surface area contributed by atoms with Gasteiger partial charge in [0.1, 0.15) is 5.82 Å². The Kier molecular flexibility index (Phi) is 5.79. The van der Waals surface area contributed by atoms with Gasteiger partial charge in [-0.05, 0) is 35.7 Å². The third kappa shape index (κ3) is 4.83. The molecule has 0 aliphatic carbocycles. The van der Waals surface area contributed by atoms with Crippen molar-refractivity contribution < 1.29 is 13.7 Å². The number of amides is 1. The van der Waals surface area contributed by atoms with E-state index in [-0.39, 0.29) is 17.5 Å². The lowest BCUT2D eigenvalue weighted by molar-refractivity contribution is -0.113. The monoisotopic (exact) mass is 432 g/mol. The van der Waals surface area contributed by atoms with Crippen LogP contribution in [0.4, 0.5) is 10.1 Å². The molecule has 1 N–H and O–H groups in total. The number of carbonyl (C=O) groups excluding carboxylic acids is 1. The van der Waals surface area contributed by atoms with E-state index < -0.39 is 0 Å². The van der Waals surface area contributed by atoms with Crippen LogP contribution in [0, 0.1) is 5.82 Å². The summed E-state index contributed by atoms with van der Waals surface area (Å²) in [6, 6.07) is 9.52. The average molecular weight is 433 g/mol. The van der Waals surface area contributed by atoms with Gasteiger partial charge in [-0.2, -0.15) is 4.98 Å². The molecule has 6 nitrogen and oxygen atoms in total. The zero-order valence-electron chi connectivity index (χ0n) is 14.3. The number of thioether (sulfide) groups is 1. The predicted molar refractivity (Wildman–Crippen MR) is 108 cm³/mol. The summed E-state index contributed by atoms with van der Waals surface area (Å²) in [5.41, 5.74) is 1.37. The van der Waals surface area contributed by atoms with Gasteiger partial charge in [-0.1, -0.05) is 23.0 Å². The molecular weight excluding hydrogens is 419 g/mol. The summed E-state index contributed by atoms with van der Waals surface area (Å²) in [5, 5.41) is 10.6. The Labute approximate surface area is 171 Å². The second-order valence-corrected chi connectivity index (χ2v) is 8.64. The summed E-state index contributed by atoms with van der Waals surface area (Å²) in [6.07, 6.45) is 0.442. The van der Waals surface area contributed by atoms with E-state index in [9.17, 15) is 9.18 Å². The van der Waals surface area contributed by atoms with Crippen LogP contribution in [0.15, 0.2) is 56.0 Å². The molecular formula is C18H13FN4O2S3. The third-order valence-electron chi connectivity index (χ3n) is 3.53. The molecule has 0 aliphatic rings. The number of hydrogen-bond donors (Lipinski definition) is 1. The van der Waals surface area contributed by atoms with E-state index in [2.05, 4.69) is 20.4 Å². The summed E-state index contributed by atoms with van der Waals surface area (Å²) in [4.78, 5) is 21.8. The molecule has 0 unspecified atom stereocenters. The molecule has 1 amide bonds. The number of thiophene rings is 1.